The van der Waals surface area contributed by atoms with Gasteiger partial charge in [-0.1, -0.05) is 85.3 Å². The van der Waals surface area contributed by atoms with Crippen LogP contribution >= 0.6 is 7.92 Å². The van der Waals surface area contributed by atoms with Crippen molar-refractivity contribution in [1.29, 1.82) is 0 Å². The number of benzene rings is 3. The van der Waals surface area contributed by atoms with Crippen molar-refractivity contribution < 1.29 is 0 Å². The van der Waals surface area contributed by atoms with Crippen LogP contribution in [0.4, 0.5) is 0 Å². The van der Waals surface area contributed by atoms with Gasteiger partial charge < -0.3 is 0 Å². The molecule has 1 atom stereocenters. The molecule has 0 fully saturated rings. The molecule has 0 spiro atoms. The second-order valence-electron chi connectivity index (χ2n) is 8.49. The van der Waals surface area contributed by atoms with Crippen molar-refractivity contribution in [2.24, 2.45) is 5.92 Å². The molecule has 0 heterocycles. The van der Waals surface area contributed by atoms with E-state index in [4.69, 9.17) is 0 Å². The summed E-state index contributed by atoms with van der Waals surface area (Å²) in [6.07, 6.45) is 0. The van der Waals surface area contributed by atoms with Crippen LogP contribution in [0.1, 0.15) is 44.4 Å². The molecule has 1 unspecified atom stereocenters. The molecule has 30 heavy (non-hydrogen) atoms. The molecule has 1 aliphatic rings. The second-order valence-corrected chi connectivity index (χ2v) is 10.6. The topological polar surface area (TPSA) is 0 Å². The van der Waals surface area contributed by atoms with Gasteiger partial charge in [0.25, 0.3) is 0 Å². The number of allylic oxidation sites excluding steroid dienone is 4. The third kappa shape index (κ3) is 3.48. The van der Waals surface area contributed by atoms with Crippen molar-refractivity contribution >= 4 is 29.4 Å². The largest absolute Gasteiger partial charge is 0.0629 e. The molecule has 1 heteroatoms. The first kappa shape index (κ1) is 20.8. The lowest BCUT2D eigenvalue weighted by molar-refractivity contribution is 0.896. The van der Waals surface area contributed by atoms with E-state index in [2.05, 4.69) is 114 Å². The van der Waals surface area contributed by atoms with E-state index in [0.717, 1.165) is 0 Å². The van der Waals surface area contributed by atoms with Crippen molar-refractivity contribution in [2.75, 3.05) is 0 Å². The van der Waals surface area contributed by atoms with Gasteiger partial charge in [0.1, 0.15) is 0 Å². The first-order valence-electron chi connectivity index (χ1n) is 10.8. The van der Waals surface area contributed by atoms with E-state index in [0.29, 0.717) is 5.92 Å². The Morgan fingerprint density at radius 2 is 1.03 bits per heavy atom. The van der Waals surface area contributed by atoms with Gasteiger partial charge in [0, 0.05) is 5.92 Å². The molecule has 1 aliphatic carbocycles. The van der Waals surface area contributed by atoms with Crippen LogP contribution in [0.15, 0.2) is 89.5 Å². The lowest BCUT2D eigenvalue weighted by Crippen LogP contribution is -2.26. The van der Waals surface area contributed by atoms with E-state index in [1.165, 1.54) is 54.9 Å². The summed E-state index contributed by atoms with van der Waals surface area (Å²) < 4.78 is 0. The first-order chi connectivity index (χ1) is 14.4. The molecule has 0 N–H and O–H groups in total. The van der Waals surface area contributed by atoms with Gasteiger partial charge >= 0.3 is 0 Å². The molecule has 0 nitrogen and oxygen atoms in total. The minimum atomic E-state index is -0.644. The molecular weight excluding hydrogens is 379 g/mol. The third-order valence-electron chi connectivity index (χ3n) is 6.79. The fraction of sp³-hybridized carbons (Fsp3) is 0.241. The van der Waals surface area contributed by atoms with Crippen LogP contribution in [0.5, 0.6) is 0 Å². The van der Waals surface area contributed by atoms with E-state index in [9.17, 15) is 0 Å². The van der Waals surface area contributed by atoms with E-state index < -0.39 is 7.92 Å². The van der Waals surface area contributed by atoms with Gasteiger partial charge in [-0.05, 0) is 91.9 Å². The summed E-state index contributed by atoms with van der Waals surface area (Å²) in [4.78, 5) is 0. The monoisotopic (exact) mass is 410 g/mol. The fourth-order valence-electron chi connectivity index (χ4n) is 4.71. The molecule has 0 aliphatic heterocycles. The summed E-state index contributed by atoms with van der Waals surface area (Å²) in [6.45, 7) is 13.8. The third-order valence-corrected chi connectivity index (χ3v) is 9.63. The first-order valence-corrected chi connectivity index (χ1v) is 12.1. The zero-order valence-corrected chi connectivity index (χ0v) is 19.8. The van der Waals surface area contributed by atoms with E-state index in [-0.39, 0.29) is 0 Å². The van der Waals surface area contributed by atoms with E-state index >= 15 is 0 Å². The Balaban J connectivity index is 2.00. The summed E-state index contributed by atoms with van der Waals surface area (Å²) in [6, 6.07) is 27.0. The summed E-state index contributed by atoms with van der Waals surface area (Å²) in [5.41, 5.74) is 10.1. The predicted molar refractivity (Wildman–Crippen MR) is 135 cm³/mol. The highest BCUT2D eigenvalue weighted by atomic mass is 31.1. The van der Waals surface area contributed by atoms with Crippen molar-refractivity contribution in [3.63, 3.8) is 0 Å². The summed E-state index contributed by atoms with van der Waals surface area (Å²) in [5, 5.41) is 4.39. The Morgan fingerprint density at radius 1 is 0.567 bits per heavy atom. The molecule has 0 bridgehead atoms. The van der Waals surface area contributed by atoms with Crippen LogP contribution in [0.3, 0.4) is 0 Å². The van der Waals surface area contributed by atoms with Crippen molar-refractivity contribution in [1.82, 2.24) is 0 Å². The van der Waals surface area contributed by atoms with Crippen LogP contribution in [0.25, 0.3) is 5.57 Å². The molecule has 0 radical (unpaired) electrons. The van der Waals surface area contributed by atoms with Gasteiger partial charge in [-0.3, -0.25) is 0 Å². The highest BCUT2D eigenvalue weighted by molar-refractivity contribution is 7.80. The average Bonchev–Trinajstić information content (AvgIpc) is 2.94. The van der Waals surface area contributed by atoms with Gasteiger partial charge in [0.05, 0.1) is 0 Å². The Kier molecular flexibility index (Phi) is 5.81. The minimum Gasteiger partial charge on any atom is -0.0629 e. The van der Waals surface area contributed by atoms with Crippen molar-refractivity contribution in [2.45, 2.75) is 41.5 Å². The Hall–Kier alpha value is -2.43. The maximum Gasteiger partial charge on any atom is 0.00317 e. The molecule has 0 amide bonds. The maximum absolute atomic E-state index is 2.37. The summed E-state index contributed by atoms with van der Waals surface area (Å²) in [5.74, 6) is 0.469. The van der Waals surface area contributed by atoms with Crippen LogP contribution in [-0.2, 0) is 0 Å². The molecule has 0 aromatic heterocycles. The number of hydrogen-bond donors (Lipinski definition) is 0. The van der Waals surface area contributed by atoms with Crippen LogP contribution in [-0.4, -0.2) is 0 Å². The smallest absolute Gasteiger partial charge is 0.00317 e. The summed E-state index contributed by atoms with van der Waals surface area (Å²) >= 11 is 0. The van der Waals surface area contributed by atoms with Gasteiger partial charge in [0.15, 0.2) is 0 Å². The molecule has 3 aromatic rings. The molecule has 0 saturated carbocycles. The molecular formula is C29H31P. The van der Waals surface area contributed by atoms with E-state index in [1.54, 1.807) is 0 Å². The number of rotatable bonds is 4. The fourth-order valence-corrected chi connectivity index (χ4v) is 7.49. The predicted octanol–water partition coefficient (Wildman–Crippen LogP) is 6.82. The Labute approximate surface area is 183 Å². The standard InChI is InChI=1S/C29H31P/c1-19-13-7-10-16-26(19)30(27-17-11-8-14-20(27)2)28-18-12-9-15-25(28)29-23(5)21(3)22(4)24(29)6/h7-18,23H,1-6H3. The summed E-state index contributed by atoms with van der Waals surface area (Å²) in [7, 11) is -0.644. The van der Waals surface area contributed by atoms with E-state index in [1.807, 2.05) is 0 Å². The average molecular weight is 411 g/mol. The lowest BCUT2D eigenvalue weighted by Gasteiger charge is -2.27. The zero-order chi connectivity index (χ0) is 21.4. The van der Waals surface area contributed by atoms with Gasteiger partial charge in [0.2, 0.25) is 0 Å². The van der Waals surface area contributed by atoms with Crippen molar-refractivity contribution in [3.8, 4) is 0 Å². The maximum atomic E-state index is 2.37. The second kappa shape index (κ2) is 8.37. The minimum absolute atomic E-state index is 0.469. The normalized spacial score (nSPS) is 16.7. The molecule has 4 rings (SSSR count). The van der Waals surface area contributed by atoms with Crippen LogP contribution < -0.4 is 15.9 Å². The van der Waals surface area contributed by atoms with Gasteiger partial charge in [-0.25, -0.2) is 0 Å². The number of aryl methyl sites for hydroxylation is 2. The highest BCUT2D eigenvalue weighted by Gasteiger charge is 2.29. The lowest BCUT2D eigenvalue weighted by atomic mass is 9.92. The molecule has 152 valence electrons. The van der Waals surface area contributed by atoms with Crippen molar-refractivity contribution in [3.05, 3.63) is 106 Å². The quantitative estimate of drug-likeness (QED) is 0.414. The Bertz CT molecular complexity index is 1120. The molecule has 0 saturated heterocycles. The van der Waals surface area contributed by atoms with Crippen LogP contribution in [0.2, 0.25) is 0 Å². The molecule has 3 aromatic carbocycles. The number of hydrogen-bond acceptors (Lipinski definition) is 0. The highest BCUT2D eigenvalue weighted by Crippen LogP contribution is 2.45. The Morgan fingerprint density at radius 3 is 1.50 bits per heavy atom. The van der Waals surface area contributed by atoms with Gasteiger partial charge in [-0.2, -0.15) is 0 Å². The van der Waals surface area contributed by atoms with Crippen LogP contribution in [0, 0.1) is 19.8 Å². The zero-order valence-electron chi connectivity index (χ0n) is 19.0. The van der Waals surface area contributed by atoms with Gasteiger partial charge in [-0.15, -0.1) is 0 Å². The SMILES string of the molecule is CC1=C(C)C(C)C(c2ccccc2P(c2ccccc2C)c2ccccc2C)=C1C.